The second-order valence-electron chi connectivity index (χ2n) is 3.91. The molecule has 0 saturated carbocycles. The molecule has 1 heterocycles. The van der Waals surface area contributed by atoms with Gasteiger partial charge >= 0.3 is 0 Å². The van der Waals surface area contributed by atoms with Crippen molar-refractivity contribution in [2.45, 2.75) is 25.7 Å². The van der Waals surface area contributed by atoms with Crippen LogP contribution in [0.3, 0.4) is 0 Å². The van der Waals surface area contributed by atoms with Gasteiger partial charge in [-0.25, -0.2) is 0 Å². The lowest BCUT2D eigenvalue weighted by atomic mass is 10.1. The molecular formula is C12H17NO2. The van der Waals surface area contributed by atoms with Crippen LogP contribution in [0, 0.1) is 6.92 Å². The second kappa shape index (κ2) is 4.75. The molecule has 1 aromatic carbocycles. The standard InChI is InChI=1S/C12H17NO2/c1-9-3-2-4-10(7-9)12-14-8-11(15-12)5-6-13/h2-4,7,11-12H,5-6,8,13H2,1H3. The van der Waals surface area contributed by atoms with Gasteiger partial charge in [0.25, 0.3) is 0 Å². The summed E-state index contributed by atoms with van der Waals surface area (Å²) in [6.45, 7) is 3.36. The van der Waals surface area contributed by atoms with E-state index in [4.69, 9.17) is 15.2 Å². The van der Waals surface area contributed by atoms with E-state index in [1.807, 2.05) is 12.1 Å². The number of aryl methyl sites for hydroxylation is 1. The van der Waals surface area contributed by atoms with E-state index in [1.54, 1.807) is 0 Å². The lowest BCUT2D eigenvalue weighted by molar-refractivity contribution is -0.0607. The minimum atomic E-state index is -0.207. The Labute approximate surface area is 90.2 Å². The smallest absolute Gasteiger partial charge is 0.184 e. The summed E-state index contributed by atoms with van der Waals surface area (Å²) in [4.78, 5) is 0. The normalized spacial score (nSPS) is 25.7. The van der Waals surface area contributed by atoms with Crippen molar-refractivity contribution in [2.75, 3.05) is 13.2 Å². The van der Waals surface area contributed by atoms with E-state index in [-0.39, 0.29) is 12.4 Å². The van der Waals surface area contributed by atoms with Gasteiger partial charge in [-0.3, -0.25) is 0 Å². The van der Waals surface area contributed by atoms with Crippen LogP contribution < -0.4 is 5.73 Å². The van der Waals surface area contributed by atoms with Crippen LogP contribution in [0.1, 0.15) is 23.8 Å². The van der Waals surface area contributed by atoms with E-state index in [2.05, 4.69) is 19.1 Å². The fourth-order valence-corrected chi connectivity index (χ4v) is 1.78. The molecule has 1 aliphatic heterocycles. The molecule has 2 N–H and O–H groups in total. The third-order valence-corrected chi connectivity index (χ3v) is 2.55. The minimum absolute atomic E-state index is 0.153. The topological polar surface area (TPSA) is 44.5 Å². The van der Waals surface area contributed by atoms with Crippen molar-refractivity contribution < 1.29 is 9.47 Å². The average Bonchev–Trinajstić information content (AvgIpc) is 2.67. The number of benzene rings is 1. The number of rotatable bonds is 3. The first-order valence-electron chi connectivity index (χ1n) is 5.33. The molecule has 2 atom stereocenters. The van der Waals surface area contributed by atoms with Crippen molar-refractivity contribution >= 4 is 0 Å². The third kappa shape index (κ3) is 2.56. The Kier molecular flexibility index (Phi) is 3.36. The largest absolute Gasteiger partial charge is 0.346 e. The highest BCUT2D eigenvalue weighted by atomic mass is 16.7. The fraction of sp³-hybridized carbons (Fsp3) is 0.500. The molecule has 3 nitrogen and oxygen atoms in total. The van der Waals surface area contributed by atoms with E-state index < -0.39 is 0 Å². The zero-order valence-corrected chi connectivity index (χ0v) is 8.98. The molecule has 1 fully saturated rings. The number of ether oxygens (including phenoxy) is 2. The maximum Gasteiger partial charge on any atom is 0.184 e. The summed E-state index contributed by atoms with van der Waals surface area (Å²) >= 11 is 0. The molecule has 0 amide bonds. The summed E-state index contributed by atoms with van der Waals surface area (Å²) in [5.74, 6) is 0. The highest BCUT2D eigenvalue weighted by Gasteiger charge is 2.26. The Morgan fingerprint density at radius 3 is 3.07 bits per heavy atom. The molecule has 0 bridgehead atoms. The van der Waals surface area contributed by atoms with Gasteiger partial charge in [0.15, 0.2) is 6.29 Å². The molecule has 2 rings (SSSR count). The summed E-state index contributed by atoms with van der Waals surface area (Å²) < 4.78 is 11.3. The zero-order valence-electron chi connectivity index (χ0n) is 8.98. The van der Waals surface area contributed by atoms with Crippen molar-refractivity contribution in [2.24, 2.45) is 5.73 Å². The molecule has 82 valence electrons. The van der Waals surface area contributed by atoms with Crippen LogP contribution in [-0.2, 0) is 9.47 Å². The summed E-state index contributed by atoms with van der Waals surface area (Å²) in [7, 11) is 0. The summed E-state index contributed by atoms with van der Waals surface area (Å²) in [6.07, 6.45) is 0.810. The predicted octanol–water partition coefficient (Wildman–Crippen LogP) is 1.76. The van der Waals surface area contributed by atoms with Gasteiger partial charge < -0.3 is 15.2 Å². The first-order valence-corrected chi connectivity index (χ1v) is 5.33. The zero-order chi connectivity index (χ0) is 10.7. The highest BCUT2D eigenvalue weighted by Crippen LogP contribution is 2.28. The van der Waals surface area contributed by atoms with Gasteiger partial charge in [0.05, 0.1) is 12.7 Å². The summed E-state index contributed by atoms with van der Waals surface area (Å²) in [6, 6.07) is 8.21. The van der Waals surface area contributed by atoms with Crippen LogP contribution in [0.5, 0.6) is 0 Å². The molecule has 3 heteroatoms. The predicted molar refractivity (Wildman–Crippen MR) is 58.4 cm³/mol. The SMILES string of the molecule is Cc1cccc(C2OCC(CCN)O2)c1. The van der Waals surface area contributed by atoms with E-state index in [0.29, 0.717) is 13.2 Å². The molecule has 0 aliphatic carbocycles. The average molecular weight is 207 g/mol. The summed E-state index contributed by atoms with van der Waals surface area (Å²) in [5, 5.41) is 0. The van der Waals surface area contributed by atoms with Crippen LogP contribution in [0.2, 0.25) is 0 Å². The van der Waals surface area contributed by atoms with E-state index in [1.165, 1.54) is 5.56 Å². The third-order valence-electron chi connectivity index (χ3n) is 2.55. The van der Waals surface area contributed by atoms with Crippen LogP contribution in [0.15, 0.2) is 24.3 Å². The van der Waals surface area contributed by atoms with Gasteiger partial charge in [-0.1, -0.05) is 29.8 Å². The van der Waals surface area contributed by atoms with Crippen molar-refractivity contribution in [1.29, 1.82) is 0 Å². The van der Waals surface area contributed by atoms with Crippen LogP contribution in [-0.4, -0.2) is 19.3 Å². The molecular weight excluding hydrogens is 190 g/mol. The second-order valence-corrected chi connectivity index (χ2v) is 3.91. The molecule has 2 unspecified atom stereocenters. The molecule has 1 aromatic rings. The number of nitrogens with two attached hydrogens (primary N) is 1. The molecule has 1 saturated heterocycles. The van der Waals surface area contributed by atoms with Crippen molar-refractivity contribution in [1.82, 2.24) is 0 Å². The maximum absolute atomic E-state index is 5.74. The molecule has 0 radical (unpaired) electrons. The van der Waals surface area contributed by atoms with Gasteiger partial charge in [-0.2, -0.15) is 0 Å². The van der Waals surface area contributed by atoms with Gasteiger partial charge in [-0.05, 0) is 19.9 Å². The fourth-order valence-electron chi connectivity index (χ4n) is 1.78. The summed E-state index contributed by atoms with van der Waals surface area (Å²) in [5.41, 5.74) is 7.80. The molecule has 1 aliphatic rings. The maximum atomic E-state index is 5.74. The van der Waals surface area contributed by atoms with Crippen molar-refractivity contribution in [3.8, 4) is 0 Å². The van der Waals surface area contributed by atoms with E-state index in [0.717, 1.165) is 12.0 Å². The Morgan fingerprint density at radius 2 is 2.33 bits per heavy atom. The van der Waals surface area contributed by atoms with Crippen molar-refractivity contribution in [3.05, 3.63) is 35.4 Å². The molecule has 15 heavy (non-hydrogen) atoms. The van der Waals surface area contributed by atoms with Crippen LogP contribution in [0.4, 0.5) is 0 Å². The Morgan fingerprint density at radius 1 is 1.47 bits per heavy atom. The first-order chi connectivity index (χ1) is 7.29. The highest BCUT2D eigenvalue weighted by molar-refractivity contribution is 5.23. The number of hydrogen-bond donors (Lipinski definition) is 1. The Hall–Kier alpha value is -0.900. The molecule has 0 spiro atoms. The Bertz CT molecular complexity index is 327. The first kappa shape index (κ1) is 10.6. The van der Waals surface area contributed by atoms with Crippen LogP contribution in [0.25, 0.3) is 0 Å². The molecule has 0 aromatic heterocycles. The Balaban J connectivity index is 2.01. The van der Waals surface area contributed by atoms with Gasteiger partial charge in [0.2, 0.25) is 0 Å². The van der Waals surface area contributed by atoms with Crippen LogP contribution >= 0.6 is 0 Å². The lowest BCUT2D eigenvalue weighted by Gasteiger charge is -2.11. The van der Waals surface area contributed by atoms with Gasteiger partial charge in [0, 0.05) is 5.56 Å². The minimum Gasteiger partial charge on any atom is -0.346 e. The van der Waals surface area contributed by atoms with Gasteiger partial charge in [-0.15, -0.1) is 0 Å². The lowest BCUT2D eigenvalue weighted by Crippen LogP contribution is -2.15. The monoisotopic (exact) mass is 207 g/mol. The quantitative estimate of drug-likeness (QED) is 0.821. The van der Waals surface area contributed by atoms with Crippen molar-refractivity contribution in [3.63, 3.8) is 0 Å². The van der Waals surface area contributed by atoms with E-state index >= 15 is 0 Å². The van der Waals surface area contributed by atoms with Gasteiger partial charge in [0.1, 0.15) is 0 Å². The van der Waals surface area contributed by atoms with E-state index in [9.17, 15) is 0 Å². The number of hydrogen-bond acceptors (Lipinski definition) is 3.